The van der Waals surface area contributed by atoms with Crippen LogP contribution >= 0.6 is 31.9 Å². The van der Waals surface area contributed by atoms with Gasteiger partial charge in [0, 0.05) is 11.1 Å². The normalized spacial score (nSPS) is 15.5. The standard InChI is InChI=1S/C25H18Br2F2O4/c1-24(2,3)33-23(30)12-4-5-13-11-31-25(14(13)6-12)15-7-19(28)17(26)9-21(15)32-22-10-18(27)20(29)8-16(22)25/h4-10H,11H2,1-3H3. The summed E-state index contributed by atoms with van der Waals surface area (Å²) in [6, 6.07) is 10.8. The van der Waals surface area contributed by atoms with Gasteiger partial charge < -0.3 is 14.2 Å². The molecule has 1 spiro atoms. The van der Waals surface area contributed by atoms with Gasteiger partial charge in [-0.15, -0.1) is 0 Å². The molecule has 2 aliphatic rings. The monoisotopic (exact) mass is 578 g/mol. The molecule has 33 heavy (non-hydrogen) atoms. The maximum Gasteiger partial charge on any atom is 0.338 e. The third kappa shape index (κ3) is 3.59. The van der Waals surface area contributed by atoms with Crippen molar-refractivity contribution >= 4 is 37.8 Å². The molecule has 0 aromatic heterocycles. The fraction of sp³-hybridized carbons (Fsp3) is 0.240. The summed E-state index contributed by atoms with van der Waals surface area (Å²) in [6.45, 7) is 5.55. The smallest absolute Gasteiger partial charge is 0.338 e. The second kappa shape index (κ2) is 7.61. The van der Waals surface area contributed by atoms with Crippen molar-refractivity contribution in [1.82, 2.24) is 0 Å². The molecule has 0 aliphatic carbocycles. The van der Waals surface area contributed by atoms with Crippen molar-refractivity contribution in [1.29, 1.82) is 0 Å². The van der Waals surface area contributed by atoms with Crippen LogP contribution < -0.4 is 4.74 Å². The van der Waals surface area contributed by atoms with E-state index in [9.17, 15) is 13.6 Å². The molecule has 3 aromatic carbocycles. The zero-order valence-electron chi connectivity index (χ0n) is 17.9. The number of benzene rings is 3. The zero-order valence-corrected chi connectivity index (χ0v) is 21.1. The third-order valence-corrected chi connectivity index (χ3v) is 6.81. The molecular weight excluding hydrogens is 562 g/mol. The first kappa shape index (κ1) is 22.5. The summed E-state index contributed by atoms with van der Waals surface area (Å²) in [6.07, 6.45) is 0. The van der Waals surface area contributed by atoms with Crippen LogP contribution in [0.4, 0.5) is 8.78 Å². The zero-order chi connectivity index (χ0) is 23.7. The Labute approximate surface area is 206 Å². The number of esters is 1. The van der Waals surface area contributed by atoms with Crippen LogP contribution in [0.3, 0.4) is 0 Å². The summed E-state index contributed by atoms with van der Waals surface area (Å²) in [4.78, 5) is 12.8. The predicted octanol–water partition coefficient (Wildman–Crippen LogP) is 7.37. The summed E-state index contributed by atoms with van der Waals surface area (Å²) in [7, 11) is 0. The van der Waals surface area contributed by atoms with E-state index >= 15 is 0 Å². The van der Waals surface area contributed by atoms with Crippen molar-refractivity contribution in [3.63, 3.8) is 0 Å². The van der Waals surface area contributed by atoms with Gasteiger partial charge in [-0.25, -0.2) is 13.6 Å². The number of fused-ring (bicyclic) bond motifs is 6. The minimum absolute atomic E-state index is 0.193. The van der Waals surface area contributed by atoms with E-state index in [-0.39, 0.29) is 15.6 Å². The van der Waals surface area contributed by atoms with Crippen molar-refractivity contribution in [2.75, 3.05) is 0 Å². The lowest BCUT2D eigenvalue weighted by Crippen LogP contribution is -2.33. The van der Waals surface area contributed by atoms with Gasteiger partial charge in [0.25, 0.3) is 0 Å². The molecule has 170 valence electrons. The Hall–Kier alpha value is -2.29. The van der Waals surface area contributed by atoms with E-state index in [0.717, 1.165) is 5.56 Å². The van der Waals surface area contributed by atoms with Gasteiger partial charge in [0.15, 0.2) is 5.60 Å². The molecule has 0 saturated heterocycles. The fourth-order valence-electron chi connectivity index (χ4n) is 4.24. The molecule has 2 heterocycles. The van der Waals surface area contributed by atoms with Crippen LogP contribution in [-0.2, 0) is 21.7 Å². The largest absolute Gasteiger partial charge is 0.456 e. The molecule has 0 atom stereocenters. The van der Waals surface area contributed by atoms with E-state index in [0.29, 0.717) is 33.8 Å². The Kier molecular flexibility index (Phi) is 5.19. The van der Waals surface area contributed by atoms with Crippen LogP contribution in [0, 0.1) is 11.6 Å². The minimum Gasteiger partial charge on any atom is -0.456 e. The van der Waals surface area contributed by atoms with Gasteiger partial charge in [-0.3, -0.25) is 0 Å². The van der Waals surface area contributed by atoms with E-state index in [2.05, 4.69) is 31.9 Å². The molecule has 0 amide bonds. The molecule has 2 aliphatic heterocycles. The first-order chi connectivity index (χ1) is 15.5. The van der Waals surface area contributed by atoms with Gasteiger partial charge in [0.05, 0.1) is 21.1 Å². The summed E-state index contributed by atoms with van der Waals surface area (Å²) >= 11 is 6.40. The molecule has 8 heteroatoms. The summed E-state index contributed by atoms with van der Waals surface area (Å²) in [5.41, 5.74) is 0.466. The Morgan fingerprint density at radius 3 is 2.06 bits per heavy atom. The lowest BCUT2D eigenvalue weighted by molar-refractivity contribution is 0.00684. The molecular formula is C25H18Br2F2O4. The maximum absolute atomic E-state index is 14.7. The van der Waals surface area contributed by atoms with Gasteiger partial charge in [0.1, 0.15) is 28.7 Å². The number of rotatable bonds is 1. The van der Waals surface area contributed by atoms with Crippen molar-refractivity contribution in [2.24, 2.45) is 0 Å². The molecule has 0 bridgehead atoms. The van der Waals surface area contributed by atoms with E-state index in [4.69, 9.17) is 14.2 Å². The molecule has 0 saturated carbocycles. The van der Waals surface area contributed by atoms with Crippen molar-refractivity contribution in [2.45, 2.75) is 38.6 Å². The number of carbonyl (C=O) groups excluding carboxylic acids is 1. The summed E-state index contributed by atoms with van der Waals surface area (Å²) in [5, 5.41) is 0. The second-order valence-electron chi connectivity index (χ2n) is 8.97. The summed E-state index contributed by atoms with van der Waals surface area (Å²) in [5.74, 6) is -0.797. The van der Waals surface area contributed by atoms with Gasteiger partial charge in [0.2, 0.25) is 0 Å². The van der Waals surface area contributed by atoms with Crippen molar-refractivity contribution in [3.05, 3.63) is 90.9 Å². The molecule has 0 N–H and O–H groups in total. The van der Waals surface area contributed by atoms with Crippen LogP contribution in [0.5, 0.6) is 11.5 Å². The van der Waals surface area contributed by atoms with E-state index in [1.54, 1.807) is 39.0 Å². The lowest BCUT2D eigenvalue weighted by Gasteiger charge is -2.37. The quantitative estimate of drug-likeness (QED) is 0.282. The molecule has 4 nitrogen and oxygen atoms in total. The lowest BCUT2D eigenvalue weighted by atomic mass is 9.77. The van der Waals surface area contributed by atoms with Gasteiger partial charge in [-0.2, -0.15) is 0 Å². The highest BCUT2D eigenvalue weighted by Crippen LogP contribution is 2.57. The molecule has 0 unspecified atom stereocenters. The minimum atomic E-state index is -1.36. The average Bonchev–Trinajstić information content (AvgIpc) is 3.10. The first-order valence-corrected chi connectivity index (χ1v) is 11.8. The first-order valence-electron chi connectivity index (χ1n) is 10.2. The highest BCUT2D eigenvalue weighted by atomic mass is 79.9. The van der Waals surface area contributed by atoms with E-state index in [1.807, 2.05) is 0 Å². The Morgan fingerprint density at radius 2 is 1.52 bits per heavy atom. The molecule has 0 fully saturated rings. The highest BCUT2D eigenvalue weighted by Gasteiger charge is 2.50. The average molecular weight is 580 g/mol. The maximum atomic E-state index is 14.7. The predicted molar refractivity (Wildman–Crippen MR) is 125 cm³/mol. The Morgan fingerprint density at radius 1 is 0.939 bits per heavy atom. The number of carbonyl (C=O) groups is 1. The third-order valence-electron chi connectivity index (χ3n) is 5.59. The van der Waals surface area contributed by atoms with E-state index in [1.165, 1.54) is 24.3 Å². The number of hydrogen-bond donors (Lipinski definition) is 0. The van der Waals surface area contributed by atoms with Crippen molar-refractivity contribution in [3.8, 4) is 11.5 Å². The number of hydrogen-bond acceptors (Lipinski definition) is 4. The molecule has 3 aromatic rings. The fourth-order valence-corrected chi connectivity index (χ4v) is 4.89. The number of ether oxygens (including phenoxy) is 3. The van der Waals surface area contributed by atoms with Crippen LogP contribution in [0.2, 0.25) is 0 Å². The number of halogens is 4. The second-order valence-corrected chi connectivity index (χ2v) is 10.7. The van der Waals surface area contributed by atoms with Gasteiger partial charge >= 0.3 is 5.97 Å². The topological polar surface area (TPSA) is 44.8 Å². The van der Waals surface area contributed by atoms with Crippen LogP contribution in [0.15, 0.2) is 51.4 Å². The van der Waals surface area contributed by atoms with Crippen LogP contribution in [-0.4, -0.2) is 11.6 Å². The Bertz CT molecular complexity index is 1270. The molecule has 5 rings (SSSR count). The van der Waals surface area contributed by atoms with Crippen LogP contribution in [0.25, 0.3) is 0 Å². The SMILES string of the molecule is CC(C)(C)OC(=O)c1ccc2c(c1)C1(OC2)c2cc(F)c(Br)cc2Oc2cc(Br)c(F)cc21. The van der Waals surface area contributed by atoms with E-state index < -0.39 is 28.8 Å². The van der Waals surface area contributed by atoms with Gasteiger partial charge in [-0.1, -0.05) is 6.07 Å². The summed E-state index contributed by atoms with van der Waals surface area (Å²) < 4.78 is 47.8. The van der Waals surface area contributed by atoms with Crippen molar-refractivity contribution < 1.29 is 27.8 Å². The Balaban J connectivity index is 1.78. The van der Waals surface area contributed by atoms with Crippen LogP contribution in [0.1, 0.15) is 53.4 Å². The molecule has 0 radical (unpaired) electrons. The van der Waals surface area contributed by atoms with Gasteiger partial charge in [-0.05, 0) is 100 Å². The highest BCUT2D eigenvalue weighted by molar-refractivity contribution is 9.10.